The van der Waals surface area contributed by atoms with Gasteiger partial charge >= 0.3 is 5.97 Å². The third-order valence-electron chi connectivity index (χ3n) is 2.85. The van der Waals surface area contributed by atoms with Gasteiger partial charge in [-0.3, -0.25) is 0 Å². The van der Waals surface area contributed by atoms with E-state index in [4.69, 9.17) is 21.1 Å². The average molecular weight is 306 g/mol. The summed E-state index contributed by atoms with van der Waals surface area (Å²) in [4.78, 5) is 11.9. The first-order chi connectivity index (χ1) is 10.2. The normalized spacial score (nSPS) is 10.0. The fourth-order valence-electron chi connectivity index (χ4n) is 1.88. The van der Waals surface area contributed by atoms with Gasteiger partial charge in [-0.1, -0.05) is 23.7 Å². The number of hydrogen-bond acceptors (Lipinski definition) is 4. The Morgan fingerprint density at radius 1 is 1.24 bits per heavy atom. The second-order valence-electron chi connectivity index (χ2n) is 4.24. The van der Waals surface area contributed by atoms with Crippen LogP contribution in [-0.2, 0) is 4.74 Å². The number of carbonyl (C=O) groups is 1. The Labute approximate surface area is 128 Å². The van der Waals surface area contributed by atoms with Gasteiger partial charge < -0.3 is 14.8 Å². The van der Waals surface area contributed by atoms with E-state index in [0.29, 0.717) is 28.6 Å². The highest BCUT2D eigenvalue weighted by Crippen LogP contribution is 2.29. The fourth-order valence-corrected chi connectivity index (χ4v) is 2.14. The highest BCUT2D eigenvalue weighted by molar-refractivity contribution is 6.32. The van der Waals surface area contributed by atoms with Crippen molar-refractivity contribution in [2.75, 3.05) is 19.0 Å². The average Bonchev–Trinajstić information content (AvgIpc) is 2.48. The number of rotatable bonds is 5. The lowest BCUT2D eigenvalue weighted by atomic mass is 10.1. The van der Waals surface area contributed by atoms with Crippen molar-refractivity contribution in [3.8, 4) is 5.75 Å². The number of nitrogens with one attached hydrogen (secondary N) is 1. The van der Waals surface area contributed by atoms with Crippen molar-refractivity contribution in [1.82, 2.24) is 0 Å². The van der Waals surface area contributed by atoms with Crippen molar-refractivity contribution in [2.45, 2.75) is 6.92 Å². The molecule has 2 rings (SSSR count). The maximum atomic E-state index is 11.9. The second-order valence-corrected chi connectivity index (χ2v) is 4.65. The van der Waals surface area contributed by atoms with E-state index < -0.39 is 0 Å². The smallest absolute Gasteiger partial charge is 0.340 e. The highest BCUT2D eigenvalue weighted by Gasteiger charge is 2.12. The zero-order valence-electron chi connectivity index (χ0n) is 11.9. The maximum absolute atomic E-state index is 11.9. The topological polar surface area (TPSA) is 47.6 Å². The van der Waals surface area contributed by atoms with Crippen LogP contribution < -0.4 is 10.1 Å². The largest absolute Gasteiger partial charge is 0.495 e. The van der Waals surface area contributed by atoms with Gasteiger partial charge in [0.1, 0.15) is 5.75 Å². The zero-order chi connectivity index (χ0) is 15.2. The molecule has 0 heterocycles. The first-order valence-electron chi connectivity index (χ1n) is 6.52. The van der Waals surface area contributed by atoms with E-state index >= 15 is 0 Å². The summed E-state index contributed by atoms with van der Waals surface area (Å²) in [6.45, 7) is 2.11. The Morgan fingerprint density at radius 3 is 2.67 bits per heavy atom. The van der Waals surface area contributed by atoms with Crippen LogP contribution in [0.1, 0.15) is 17.3 Å². The zero-order valence-corrected chi connectivity index (χ0v) is 12.6. The summed E-state index contributed by atoms with van der Waals surface area (Å²) < 4.78 is 10.2. The molecule has 1 N–H and O–H groups in total. The maximum Gasteiger partial charge on any atom is 0.340 e. The molecule has 0 radical (unpaired) electrons. The Morgan fingerprint density at radius 2 is 2.00 bits per heavy atom. The Hall–Kier alpha value is -2.20. The van der Waals surface area contributed by atoms with Crippen molar-refractivity contribution in [2.24, 2.45) is 0 Å². The van der Waals surface area contributed by atoms with Crippen LogP contribution in [0.15, 0.2) is 42.5 Å². The Kier molecular flexibility index (Phi) is 5.06. The third kappa shape index (κ3) is 3.67. The second kappa shape index (κ2) is 6.99. The lowest BCUT2D eigenvalue weighted by Gasteiger charge is -2.12. The van der Waals surface area contributed by atoms with Gasteiger partial charge in [0.15, 0.2) is 0 Å². The van der Waals surface area contributed by atoms with Crippen LogP contribution in [0.2, 0.25) is 5.02 Å². The molecule has 0 spiro atoms. The molecule has 0 aromatic heterocycles. The van der Waals surface area contributed by atoms with Gasteiger partial charge in [0.25, 0.3) is 0 Å². The predicted octanol–water partition coefficient (Wildman–Crippen LogP) is 4.27. The van der Waals surface area contributed by atoms with E-state index in [1.165, 1.54) is 0 Å². The number of carbonyl (C=O) groups excluding carboxylic acids is 1. The van der Waals surface area contributed by atoms with Crippen LogP contribution in [0, 0.1) is 0 Å². The van der Waals surface area contributed by atoms with Gasteiger partial charge in [-0.2, -0.15) is 0 Å². The molecule has 2 aromatic rings. The van der Waals surface area contributed by atoms with Gasteiger partial charge in [-0.15, -0.1) is 0 Å². The summed E-state index contributed by atoms with van der Waals surface area (Å²) >= 11 is 6.09. The van der Waals surface area contributed by atoms with E-state index in [0.717, 1.165) is 5.69 Å². The molecule has 2 aromatic carbocycles. The Balaban J connectivity index is 2.27. The van der Waals surface area contributed by atoms with Crippen molar-refractivity contribution in [3.05, 3.63) is 53.1 Å². The minimum atomic E-state index is -0.361. The number of halogens is 1. The van der Waals surface area contributed by atoms with E-state index in [1.807, 2.05) is 18.2 Å². The van der Waals surface area contributed by atoms with Crippen LogP contribution in [0.4, 0.5) is 11.4 Å². The van der Waals surface area contributed by atoms with E-state index in [1.54, 1.807) is 38.3 Å². The lowest BCUT2D eigenvalue weighted by molar-refractivity contribution is 0.0527. The summed E-state index contributed by atoms with van der Waals surface area (Å²) in [6, 6.07) is 12.5. The van der Waals surface area contributed by atoms with Crippen LogP contribution in [0.5, 0.6) is 5.75 Å². The molecular weight excluding hydrogens is 290 g/mol. The molecule has 0 aliphatic rings. The third-order valence-corrected chi connectivity index (χ3v) is 3.15. The van der Waals surface area contributed by atoms with Crippen molar-refractivity contribution < 1.29 is 14.3 Å². The minimum Gasteiger partial charge on any atom is -0.495 e. The molecule has 0 atom stereocenters. The molecule has 0 aliphatic carbocycles. The molecule has 5 heteroatoms. The van der Waals surface area contributed by atoms with Crippen molar-refractivity contribution in [3.63, 3.8) is 0 Å². The molecule has 0 saturated carbocycles. The van der Waals surface area contributed by atoms with Gasteiger partial charge in [-0.05, 0) is 37.3 Å². The summed E-state index contributed by atoms with van der Waals surface area (Å²) in [5, 5.41) is 3.66. The number of esters is 1. The number of anilines is 2. The summed E-state index contributed by atoms with van der Waals surface area (Å²) in [5.74, 6) is 0.237. The molecule has 0 aliphatic heterocycles. The van der Waals surface area contributed by atoms with Crippen LogP contribution in [0.3, 0.4) is 0 Å². The fraction of sp³-hybridized carbons (Fsp3) is 0.188. The Bertz CT molecular complexity index is 643. The van der Waals surface area contributed by atoms with Gasteiger partial charge in [0, 0.05) is 5.69 Å². The molecule has 0 saturated heterocycles. The standard InChI is InChI=1S/C16H16ClNO3/c1-3-21-16(19)12-6-4-5-7-14(12)18-11-8-9-15(20-2)13(17)10-11/h4-10,18H,3H2,1-2H3. The molecule has 0 amide bonds. The summed E-state index contributed by atoms with van der Waals surface area (Å²) in [6.07, 6.45) is 0. The lowest BCUT2D eigenvalue weighted by Crippen LogP contribution is -2.07. The molecule has 4 nitrogen and oxygen atoms in total. The summed E-state index contributed by atoms with van der Waals surface area (Å²) in [5.41, 5.74) is 1.90. The first-order valence-corrected chi connectivity index (χ1v) is 6.90. The molecule has 21 heavy (non-hydrogen) atoms. The van der Waals surface area contributed by atoms with Crippen molar-refractivity contribution >= 4 is 28.9 Å². The number of para-hydroxylation sites is 1. The van der Waals surface area contributed by atoms with Crippen LogP contribution in [0.25, 0.3) is 0 Å². The molecule has 110 valence electrons. The highest BCUT2D eigenvalue weighted by atomic mass is 35.5. The number of methoxy groups -OCH3 is 1. The van der Waals surface area contributed by atoms with E-state index in [9.17, 15) is 4.79 Å². The molecule has 0 bridgehead atoms. The number of hydrogen-bond donors (Lipinski definition) is 1. The van der Waals surface area contributed by atoms with Crippen LogP contribution >= 0.6 is 11.6 Å². The molecule has 0 unspecified atom stereocenters. The van der Waals surface area contributed by atoms with Gasteiger partial charge in [0.2, 0.25) is 0 Å². The minimum absolute atomic E-state index is 0.335. The molecular formula is C16H16ClNO3. The number of ether oxygens (including phenoxy) is 2. The quantitative estimate of drug-likeness (QED) is 0.838. The van der Waals surface area contributed by atoms with Crippen LogP contribution in [-0.4, -0.2) is 19.7 Å². The van der Waals surface area contributed by atoms with Gasteiger partial charge in [0.05, 0.1) is 30.0 Å². The van der Waals surface area contributed by atoms with Gasteiger partial charge in [-0.25, -0.2) is 4.79 Å². The number of benzene rings is 2. The SMILES string of the molecule is CCOC(=O)c1ccccc1Nc1ccc(OC)c(Cl)c1. The monoisotopic (exact) mass is 305 g/mol. The van der Waals surface area contributed by atoms with E-state index in [2.05, 4.69) is 5.32 Å². The predicted molar refractivity (Wildman–Crippen MR) is 83.7 cm³/mol. The first kappa shape index (κ1) is 15.2. The molecule has 0 fully saturated rings. The summed E-state index contributed by atoms with van der Waals surface area (Å²) in [7, 11) is 1.56. The van der Waals surface area contributed by atoms with Crippen molar-refractivity contribution in [1.29, 1.82) is 0 Å². The van der Waals surface area contributed by atoms with E-state index in [-0.39, 0.29) is 5.97 Å².